The first-order valence-electron chi connectivity index (χ1n) is 6.77. The molecule has 1 aromatic rings. The molecule has 1 aliphatic rings. The van der Waals surface area contributed by atoms with Crippen molar-refractivity contribution in [1.82, 2.24) is 10.2 Å². The zero-order valence-corrected chi connectivity index (χ0v) is 12.2. The second-order valence-electron chi connectivity index (χ2n) is 5.08. The molecule has 0 bridgehead atoms. The summed E-state index contributed by atoms with van der Waals surface area (Å²) in [6, 6.07) is 3.64. The molecule has 1 unspecified atom stereocenters. The highest BCUT2D eigenvalue weighted by molar-refractivity contribution is 7.07. The molecule has 1 atom stereocenters. The Morgan fingerprint density at radius 3 is 3.00 bits per heavy atom. The van der Waals surface area contributed by atoms with Crippen LogP contribution in [-0.2, 0) is 11.3 Å². The standard InChI is InChI=1S/C14H24N2OS/c1-12(9-15-6-7-17-2)16(14-3-4-14)10-13-5-8-18-11-13/h5,8,11-12,14-15H,3-4,6-7,9-10H2,1-2H3. The van der Waals surface area contributed by atoms with Gasteiger partial charge in [-0.05, 0) is 42.2 Å². The molecule has 18 heavy (non-hydrogen) atoms. The molecule has 1 aromatic heterocycles. The van der Waals surface area contributed by atoms with E-state index in [0.29, 0.717) is 6.04 Å². The maximum absolute atomic E-state index is 5.05. The summed E-state index contributed by atoms with van der Waals surface area (Å²) in [6.07, 6.45) is 2.74. The zero-order valence-electron chi connectivity index (χ0n) is 11.4. The summed E-state index contributed by atoms with van der Waals surface area (Å²) in [5.41, 5.74) is 1.45. The predicted molar refractivity (Wildman–Crippen MR) is 77.1 cm³/mol. The fourth-order valence-corrected chi connectivity index (χ4v) is 2.91. The van der Waals surface area contributed by atoms with Gasteiger partial charge in [0.05, 0.1) is 6.61 Å². The quantitative estimate of drug-likeness (QED) is 0.696. The van der Waals surface area contributed by atoms with Crippen LogP contribution in [0.15, 0.2) is 16.8 Å². The molecule has 0 amide bonds. The summed E-state index contributed by atoms with van der Waals surface area (Å²) >= 11 is 1.79. The van der Waals surface area contributed by atoms with Crippen molar-refractivity contribution < 1.29 is 4.74 Å². The minimum absolute atomic E-state index is 0.592. The highest BCUT2D eigenvalue weighted by Gasteiger charge is 2.31. The number of thiophene rings is 1. The lowest BCUT2D eigenvalue weighted by Crippen LogP contribution is -2.41. The number of ether oxygens (including phenoxy) is 1. The number of nitrogens with one attached hydrogen (secondary N) is 1. The molecule has 3 nitrogen and oxygen atoms in total. The molecule has 4 heteroatoms. The lowest BCUT2D eigenvalue weighted by atomic mass is 10.2. The first kappa shape index (κ1) is 14.0. The first-order chi connectivity index (χ1) is 8.81. The van der Waals surface area contributed by atoms with E-state index in [0.717, 1.165) is 32.3 Å². The van der Waals surface area contributed by atoms with Crippen LogP contribution in [0, 0.1) is 0 Å². The lowest BCUT2D eigenvalue weighted by Gasteiger charge is -2.29. The van der Waals surface area contributed by atoms with Crippen molar-refractivity contribution in [2.75, 3.05) is 26.8 Å². The van der Waals surface area contributed by atoms with Crippen molar-refractivity contribution in [2.45, 2.75) is 38.4 Å². The molecule has 1 saturated carbocycles. The van der Waals surface area contributed by atoms with E-state index in [1.54, 1.807) is 18.4 Å². The topological polar surface area (TPSA) is 24.5 Å². The van der Waals surface area contributed by atoms with Crippen LogP contribution in [0.3, 0.4) is 0 Å². The molecule has 0 spiro atoms. The van der Waals surface area contributed by atoms with Crippen molar-refractivity contribution >= 4 is 11.3 Å². The smallest absolute Gasteiger partial charge is 0.0587 e. The fourth-order valence-electron chi connectivity index (χ4n) is 2.25. The highest BCUT2D eigenvalue weighted by atomic mass is 32.1. The Bertz CT molecular complexity index is 325. The van der Waals surface area contributed by atoms with Crippen molar-refractivity contribution in [2.24, 2.45) is 0 Å². The molecule has 1 aliphatic carbocycles. The van der Waals surface area contributed by atoms with Crippen LogP contribution >= 0.6 is 11.3 Å². The van der Waals surface area contributed by atoms with Crippen LogP contribution in [0.5, 0.6) is 0 Å². The van der Waals surface area contributed by atoms with Crippen molar-refractivity contribution in [1.29, 1.82) is 0 Å². The molecule has 1 N–H and O–H groups in total. The number of hydrogen-bond donors (Lipinski definition) is 1. The molecule has 1 fully saturated rings. The maximum atomic E-state index is 5.05. The molecule has 2 rings (SSSR count). The van der Waals surface area contributed by atoms with Gasteiger partial charge in [-0.15, -0.1) is 0 Å². The first-order valence-corrected chi connectivity index (χ1v) is 7.72. The summed E-state index contributed by atoms with van der Waals surface area (Å²) in [4.78, 5) is 2.64. The van der Waals surface area contributed by atoms with Gasteiger partial charge in [0.2, 0.25) is 0 Å². The van der Waals surface area contributed by atoms with Gasteiger partial charge in [0.15, 0.2) is 0 Å². The van der Waals surface area contributed by atoms with Crippen molar-refractivity contribution in [3.05, 3.63) is 22.4 Å². The van der Waals surface area contributed by atoms with Gasteiger partial charge in [-0.2, -0.15) is 11.3 Å². The van der Waals surface area contributed by atoms with Crippen LogP contribution in [0.1, 0.15) is 25.3 Å². The Morgan fingerprint density at radius 2 is 2.39 bits per heavy atom. The van der Waals surface area contributed by atoms with E-state index in [-0.39, 0.29) is 0 Å². The molecule has 0 aromatic carbocycles. The molecule has 0 saturated heterocycles. The third-order valence-corrected chi connectivity index (χ3v) is 4.18. The number of nitrogens with zero attached hydrogens (tertiary/aromatic N) is 1. The summed E-state index contributed by atoms with van der Waals surface area (Å²) in [6.45, 7) is 6.20. The van der Waals surface area contributed by atoms with Gasteiger partial charge >= 0.3 is 0 Å². The molecular formula is C14H24N2OS. The lowest BCUT2D eigenvalue weighted by molar-refractivity contribution is 0.172. The van der Waals surface area contributed by atoms with E-state index in [9.17, 15) is 0 Å². The molecule has 1 heterocycles. The van der Waals surface area contributed by atoms with Crippen LogP contribution in [0.25, 0.3) is 0 Å². The van der Waals surface area contributed by atoms with E-state index < -0.39 is 0 Å². The average molecular weight is 268 g/mol. The Morgan fingerprint density at radius 1 is 1.56 bits per heavy atom. The Balaban J connectivity index is 1.77. The fraction of sp³-hybridized carbons (Fsp3) is 0.714. The Hall–Kier alpha value is -0.420. The third-order valence-electron chi connectivity index (χ3n) is 3.45. The van der Waals surface area contributed by atoms with Gasteiger partial charge < -0.3 is 10.1 Å². The van der Waals surface area contributed by atoms with Gasteiger partial charge in [-0.3, -0.25) is 4.90 Å². The van der Waals surface area contributed by atoms with Gasteiger partial charge in [0.1, 0.15) is 0 Å². The predicted octanol–water partition coefficient (Wildman–Crippen LogP) is 2.34. The minimum Gasteiger partial charge on any atom is -0.383 e. The second kappa shape index (κ2) is 7.24. The second-order valence-corrected chi connectivity index (χ2v) is 5.86. The number of rotatable bonds is 9. The normalized spacial score (nSPS) is 17.3. The maximum Gasteiger partial charge on any atom is 0.0587 e. The van der Waals surface area contributed by atoms with Crippen LogP contribution in [0.4, 0.5) is 0 Å². The van der Waals surface area contributed by atoms with Gasteiger partial charge in [0, 0.05) is 38.8 Å². The number of methoxy groups -OCH3 is 1. The molecular weight excluding hydrogens is 244 g/mol. The molecule has 0 radical (unpaired) electrons. The van der Waals surface area contributed by atoms with E-state index in [1.165, 1.54) is 18.4 Å². The zero-order chi connectivity index (χ0) is 12.8. The van der Waals surface area contributed by atoms with Crippen molar-refractivity contribution in [3.63, 3.8) is 0 Å². The third kappa shape index (κ3) is 4.35. The van der Waals surface area contributed by atoms with Gasteiger partial charge in [0.25, 0.3) is 0 Å². The monoisotopic (exact) mass is 268 g/mol. The molecule has 0 aliphatic heterocycles. The van der Waals surface area contributed by atoms with Gasteiger partial charge in [-0.25, -0.2) is 0 Å². The summed E-state index contributed by atoms with van der Waals surface area (Å²) in [5, 5.41) is 7.90. The number of hydrogen-bond acceptors (Lipinski definition) is 4. The highest BCUT2D eigenvalue weighted by Crippen LogP contribution is 2.30. The van der Waals surface area contributed by atoms with E-state index >= 15 is 0 Å². The summed E-state index contributed by atoms with van der Waals surface area (Å²) in [5.74, 6) is 0. The summed E-state index contributed by atoms with van der Waals surface area (Å²) in [7, 11) is 1.75. The average Bonchev–Trinajstić information content (AvgIpc) is 3.08. The van der Waals surface area contributed by atoms with Crippen molar-refractivity contribution in [3.8, 4) is 0 Å². The van der Waals surface area contributed by atoms with E-state index in [4.69, 9.17) is 4.74 Å². The molecule has 102 valence electrons. The van der Waals surface area contributed by atoms with E-state index in [2.05, 4.69) is 34.0 Å². The van der Waals surface area contributed by atoms with Crippen LogP contribution in [0.2, 0.25) is 0 Å². The van der Waals surface area contributed by atoms with Crippen LogP contribution < -0.4 is 5.32 Å². The van der Waals surface area contributed by atoms with Gasteiger partial charge in [-0.1, -0.05) is 0 Å². The SMILES string of the molecule is COCCNCC(C)N(Cc1ccsc1)C1CC1. The minimum atomic E-state index is 0.592. The van der Waals surface area contributed by atoms with E-state index in [1.807, 2.05) is 0 Å². The van der Waals surface area contributed by atoms with Crippen LogP contribution in [-0.4, -0.2) is 43.8 Å². The largest absolute Gasteiger partial charge is 0.383 e. The summed E-state index contributed by atoms with van der Waals surface area (Å²) < 4.78 is 5.05. The Kier molecular flexibility index (Phi) is 5.63. The Labute approximate surface area is 114 Å².